The van der Waals surface area contributed by atoms with Crippen LogP contribution in [0.15, 0.2) is 0 Å². The summed E-state index contributed by atoms with van der Waals surface area (Å²) in [5, 5.41) is 5.13. The maximum absolute atomic E-state index is 12.5. The van der Waals surface area contributed by atoms with Crippen LogP contribution in [0.1, 0.15) is 44.9 Å². The van der Waals surface area contributed by atoms with E-state index < -0.39 is 0 Å². The highest BCUT2D eigenvalue weighted by Crippen LogP contribution is 2.26. The smallest absolute Gasteiger partial charge is 0.318 e. The van der Waals surface area contributed by atoms with Crippen molar-refractivity contribution in [1.82, 2.24) is 20.7 Å². The number of carbonyl (C=O) groups excluding carboxylic acids is 1. The Bertz CT molecular complexity index is 265. The van der Waals surface area contributed by atoms with E-state index in [-0.39, 0.29) is 6.03 Å². The number of hydrogen-bond donors (Lipinski definition) is 2. The third-order valence-corrected chi connectivity index (χ3v) is 4.22. The van der Waals surface area contributed by atoms with Crippen LogP contribution in [0.5, 0.6) is 0 Å². The Kier molecular flexibility index (Phi) is 5.45. The maximum Gasteiger partial charge on any atom is 0.332 e. The lowest BCUT2D eigenvalue weighted by molar-refractivity contribution is 0.0944. The van der Waals surface area contributed by atoms with Gasteiger partial charge in [-0.25, -0.2) is 9.80 Å². The van der Waals surface area contributed by atoms with Crippen LogP contribution in [0.4, 0.5) is 4.79 Å². The van der Waals surface area contributed by atoms with Crippen LogP contribution in [-0.4, -0.2) is 55.2 Å². The molecule has 2 amide bonds. The summed E-state index contributed by atoms with van der Waals surface area (Å²) in [6.07, 6.45) is 8.36. The van der Waals surface area contributed by atoms with E-state index in [0.717, 1.165) is 25.9 Å². The molecule has 1 aliphatic heterocycles. The zero-order valence-electron chi connectivity index (χ0n) is 12.3. The van der Waals surface area contributed by atoms with Gasteiger partial charge in [-0.05, 0) is 38.8 Å². The molecular formula is C14H28N4O. The van der Waals surface area contributed by atoms with Crippen molar-refractivity contribution in [2.24, 2.45) is 0 Å². The highest BCUT2D eigenvalue weighted by molar-refractivity contribution is 5.74. The molecule has 2 fully saturated rings. The van der Waals surface area contributed by atoms with Gasteiger partial charge in [0, 0.05) is 26.2 Å². The van der Waals surface area contributed by atoms with Crippen molar-refractivity contribution in [3.63, 3.8) is 0 Å². The summed E-state index contributed by atoms with van der Waals surface area (Å²) < 4.78 is 0. The summed E-state index contributed by atoms with van der Waals surface area (Å²) in [4.78, 5) is 14.7. The molecule has 110 valence electrons. The first kappa shape index (κ1) is 14.6. The van der Waals surface area contributed by atoms with E-state index in [2.05, 4.69) is 15.6 Å². The molecule has 2 aliphatic rings. The average Bonchev–Trinajstić information content (AvgIpc) is 2.40. The van der Waals surface area contributed by atoms with Crippen molar-refractivity contribution in [1.29, 1.82) is 0 Å². The Morgan fingerprint density at radius 3 is 2.16 bits per heavy atom. The van der Waals surface area contributed by atoms with E-state index in [4.69, 9.17) is 0 Å². The first-order valence-corrected chi connectivity index (χ1v) is 7.65. The van der Waals surface area contributed by atoms with Gasteiger partial charge in [0.1, 0.15) is 0 Å². The molecular weight excluding hydrogens is 240 g/mol. The second kappa shape index (κ2) is 7.10. The van der Waals surface area contributed by atoms with E-state index in [0.29, 0.717) is 12.1 Å². The number of hydrogen-bond acceptors (Lipinski definition) is 3. The van der Waals surface area contributed by atoms with E-state index in [9.17, 15) is 4.79 Å². The van der Waals surface area contributed by atoms with Gasteiger partial charge in [0.15, 0.2) is 0 Å². The van der Waals surface area contributed by atoms with E-state index in [1.54, 1.807) is 5.01 Å². The van der Waals surface area contributed by atoms with Gasteiger partial charge in [-0.2, -0.15) is 0 Å². The van der Waals surface area contributed by atoms with Gasteiger partial charge in [-0.1, -0.05) is 19.3 Å². The number of urea groups is 1. The van der Waals surface area contributed by atoms with Crippen LogP contribution < -0.4 is 10.7 Å². The Morgan fingerprint density at radius 2 is 1.58 bits per heavy atom. The first-order chi connectivity index (χ1) is 9.18. The largest absolute Gasteiger partial charge is 0.332 e. The molecule has 1 saturated carbocycles. The minimum atomic E-state index is 0.0869. The van der Waals surface area contributed by atoms with Crippen molar-refractivity contribution in [2.45, 2.75) is 57.0 Å². The predicted octanol–water partition coefficient (Wildman–Crippen LogP) is 1.56. The lowest BCUT2D eigenvalue weighted by atomic mass is 9.92. The van der Waals surface area contributed by atoms with E-state index >= 15 is 0 Å². The molecule has 19 heavy (non-hydrogen) atoms. The summed E-state index contributed by atoms with van der Waals surface area (Å²) in [7, 11) is 3.75. The number of piperidine rings is 1. The second-order valence-electron chi connectivity index (χ2n) is 5.99. The maximum atomic E-state index is 12.5. The summed E-state index contributed by atoms with van der Waals surface area (Å²) >= 11 is 0. The molecule has 0 bridgehead atoms. The first-order valence-electron chi connectivity index (χ1n) is 7.65. The van der Waals surface area contributed by atoms with Crippen molar-refractivity contribution < 1.29 is 4.79 Å². The van der Waals surface area contributed by atoms with Gasteiger partial charge in [-0.3, -0.25) is 5.43 Å². The summed E-state index contributed by atoms with van der Waals surface area (Å²) in [5.74, 6) is 0. The fourth-order valence-electron chi connectivity index (χ4n) is 3.32. The van der Waals surface area contributed by atoms with Gasteiger partial charge >= 0.3 is 6.03 Å². The third kappa shape index (κ3) is 4.08. The van der Waals surface area contributed by atoms with E-state index in [1.165, 1.54) is 32.1 Å². The number of amides is 2. The second-order valence-corrected chi connectivity index (χ2v) is 5.99. The monoisotopic (exact) mass is 268 g/mol. The molecule has 0 radical (unpaired) electrons. The molecule has 1 heterocycles. The van der Waals surface area contributed by atoms with Crippen LogP contribution in [0.2, 0.25) is 0 Å². The van der Waals surface area contributed by atoms with Crippen molar-refractivity contribution >= 4 is 6.03 Å². The number of carbonyl (C=O) groups is 1. The summed E-state index contributed by atoms with van der Waals surface area (Å²) in [6, 6.07) is 0.935. The standard InChI is InChI=1S/C14H28N4O/c1-17(2)16-14(19)18(12-6-4-3-5-7-12)13-8-10-15-11-9-13/h12-13,15H,3-11H2,1-2H3,(H,16,19). The van der Waals surface area contributed by atoms with Gasteiger partial charge in [0.25, 0.3) is 0 Å². The molecule has 5 heteroatoms. The summed E-state index contributed by atoms with van der Waals surface area (Å²) in [5.41, 5.74) is 2.94. The SMILES string of the molecule is CN(C)NC(=O)N(C1CCCCC1)C1CCNCC1. The molecule has 1 saturated heterocycles. The number of hydrazine groups is 1. The van der Waals surface area contributed by atoms with Crippen molar-refractivity contribution in [3.8, 4) is 0 Å². The Morgan fingerprint density at radius 1 is 1.00 bits per heavy atom. The molecule has 5 nitrogen and oxygen atoms in total. The minimum absolute atomic E-state index is 0.0869. The molecule has 2 rings (SSSR count). The molecule has 0 aromatic rings. The van der Waals surface area contributed by atoms with Crippen LogP contribution in [0, 0.1) is 0 Å². The van der Waals surface area contributed by atoms with Crippen LogP contribution >= 0.6 is 0 Å². The number of rotatable bonds is 3. The fraction of sp³-hybridized carbons (Fsp3) is 0.929. The van der Waals surface area contributed by atoms with Gasteiger partial charge < -0.3 is 10.2 Å². The molecule has 0 atom stereocenters. The van der Waals surface area contributed by atoms with Crippen molar-refractivity contribution in [2.75, 3.05) is 27.2 Å². The molecule has 2 N–H and O–H groups in total. The van der Waals surface area contributed by atoms with Crippen LogP contribution in [-0.2, 0) is 0 Å². The predicted molar refractivity (Wildman–Crippen MR) is 76.8 cm³/mol. The highest BCUT2D eigenvalue weighted by atomic mass is 16.2. The average molecular weight is 268 g/mol. The zero-order chi connectivity index (χ0) is 13.7. The van der Waals surface area contributed by atoms with Gasteiger partial charge in [-0.15, -0.1) is 0 Å². The fourth-order valence-corrected chi connectivity index (χ4v) is 3.32. The molecule has 0 aromatic carbocycles. The van der Waals surface area contributed by atoms with Gasteiger partial charge in [0.05, 0.1) is 0 Å². The molecule has 0 unspecified atom stereocenters. The third-order valence-electron chi connectivity index (χ3n) is 4.22. The lowest BCUT2D eigenvalue weighted by Gasteiger charge is -2.42. The topological polar surface area (TPSA) is 47.6 Å². The lowest BCUT2D eigenvalue weighted by Crippen LogP contribution is -2.56. The van der Waals surface area contributed by atoms with Crippen molar-refractivity contribution in [3.05, 3.63) is 0 Å². The molecule has 0 spiro atoms. The highest BCUT2D eigenvalue weighted by Gasteiger charge is 2.32. The van der Waals surface area contributed by atoms with Crippen LogP contribution in [0.3, 0.4) is 0 Å². The zero-order valence-corrected chi connectivity index (χ0v) is 12.3. The number of nitrogens with one attached hydrogen (secondary N) is 2. The summed E-state index contributed by atoms with van der Waals surface area (Å²) in [6.45, 7) is 2.06. The normalized spacial score (nSPS) is 22.5. The Hall–Kier alpha value is -0.810. The quantitative estimate of drug-likeness (QED) is 0.764. The Balaban J connectivity index is 2.04. The molecule has 0 aromatic heterocycles. The Labute approximate surface area is 116 Å². The van der Waals surface area contributed by atoms with E-state index in [1.807, 2.05) is 14.1 Å². The van der Waals surface area contributed by atoms with Crippen LogP contribution in [0.25, 0.3) is 0 Å². The number of nitrogens with zero attached hydrogens (tertiary/aromatic N) is 2. The minimum Gasteiger partial charge on any atom is -0.318 e. The van der Waals surface area contributed by atoms with Gasteiger partial charge in [0.2, 0.25) is 0 Å². The molecule has 1 aliphatic carbocycles.